The molecule has 0 saturated carbocycles. The van der Waals surface area contributed by atoms with Crippen LogP contribution in [0.1, 0.15) is 16.2 Å². The Kier molecular flexibility index (Phi) is 2.92. The van der Waals surface area contributed by atoms with Gasteiger partial charge in [-0.05, 0) is 12.1 Å². The number of benzene rings is 1. The first-order valence-corrected chi connectivity index (χ1v) is 6.63. The van der Waals surface area contributed by atoms with E-state index in [9.17, 15) is 9.59 Å². The maximum Gasteiger partial charge on any atom is 0.304 e. The van der Waals surface area contributed by atoms with Crippen LogP contribution < -0.4 is 10.2 Å². The van der Waals surface area contributed by atoms with E-state index >= 15 is 0 Å². The van der Waals surface area contributed by atoms with Crippen LogP contribution in [-0.2, 0) is 6.54 Å². The number of thiazole rings is 1. The first-order valence-electron chi connectivity index (χ1n) is 5.75. The Bertz CT molecular complexity index is 751. The van der Waals surface area contributed by atoms with Gasteiger partial charge in [0.15, 0.2) is 0 Å². The number of carbonyl (C=O) groups is 1. The van der Waals surface area contributed by atoms with E-state index in [2.05, 4.69) is 15.3 Å². The third-order valence-electron chi connectivity index (χ3n) is 2.78. The molecule has 0 radical (unpaired) electrons. The largest absolute Gasteiger partial charge is 0.351 e. The number of aromatic nitrogens is 2. The van der Waals surface area contributed by atoms with Crippen LogP contribution in [0.5, 0.6) is 0 Å². The molecule has 0 bridgehead atoms. The van der Waals surface area contributed by atoms with Crippen LogP contribution in [0.15, 0.2) is 40.5 Å². The third kappa shape index (κ3) is 2.43. The summed E-state index contributed by atoms with van der Waals surface area (Å²) in [5, 5.41) is 5.45. The topological polar surface area (TPSA) is 77.8 Å². The molecule has 6 heteroatoms. The quantitative estimate of drug-likeness (QED) is 0.681. The maximum absolute atomic E-state index is 12.0. The molecule has 2 heterocycles. The molecule has 0 aliphatic rings. The van der Waals surface area contributed by atoms with Crippen molar-refractivity contribution in [2.75, 3.05) is 0 Å². The molecule has 3 aromatic rings. The number of carbonyl (C=O) groups excluding carboxylic acids is 1. The minimum absolute atomic E-state index is 0.116. The predicted molar refractivity (Wildman–Crippen MR) is 74.4 cm³/mol. The van der Waals surface area contributed by atoms with Gasteiger partial charge in [0.05, 0.1) is 6.54 Å². The molecular formula is C13H11N3O2S. The van der Waals surface area contributed by atoms with E-state index in [4.69, 9.17) is 0 Å². The van der Waals surface area contributed by atoms with Gasteiger partial charge in [-0.3, -0.25) is 9.59 Å². The number of hydrogen-bond donors (Lipinski definition) is 3. The Morgan fingerprint density at radius 1 is 1.26 bits per heavy atom. The first kappa shape index (κ1) is 11.7. The van der Waals surface area contributed by atoms with Crippen molar-refractivity contribution in [1.29, 1.82) is 0 Å². The fraction of sp³-hybridized carbons (Fsp3) is 0.0769. The van der Waals surface area contributed by atoms with Gasteiger partial charge in [0, 0.05) is 22.0 Å². The number of amides is 1. The van der Waals surface area contributed by atoms with Crippen molar-refractivity contribution in [3.05, 3.63) is 56.8 Å². The molecule has 5 nitrogen and oxygen atoms in total. The Morgan fingerprint density at radius 3 is 2.84 bits per heavy atom. The number of aromatic amines is 2. The molecule has 1 amide bonds. The molecule has 0 fully saturated rings. The lowest BCUT2D eigenvalue weighted by Gasteiger charge is -2.00. The highest BCUT2D eigenvalue weighted by atomic mass is 32.1. The second-order valence-corrected chi connectivity index (χ2v) is 4.97. The molecule has 0 saturated heterocycles. The monoisotopic (exact) mass is 273 g/mol. The number of H-pyrrole nitrogens is 2. The van der Waals surface area contributed by atoms with Gasteiger partial charge in [-0.15, -0.1) is 0 Å². The lowest BCUT2D eigenvalue weighted by Crippen LogP contribution is -2.23. The van der Waals surface area contributed by atoms with E-state index in [1.807, 2.05) is 24.3 Å². The van der Waals surface area contributed by atoms with Crippen molar-refractivity contribution in [2.45, 2.75) is 6.54 Å². The summed E-state index contributed by atoms with van der Waals surface area (Å²) in [6.45, 7) is 0.312. The van der Waals surface area contributed by atoms with Gasteiger partial charge in [0.1, 0.15) is 5.69 Å². The van der Waals surface area contributed by atoms with Crippen molar-refractivity contribution >= 4 is 28.1 Å². The summed E-state index contributed by atoms with van der Waals surface area (Å²) in [6, 6.07) is 9.51. The van der Waals surface area contributed by atoms with Gasteiger partial charge in [0.2, 0.25) is 0 Å². The van der Waals surface area contributed by atoms with Gasteiger partial charge in [0.25, 0.3) is 5.91 Å². The summed E-state index contributed by atoms with van der Waals surface area (Å²) >= 11 is 1.09. The average molecular weight is 273 g/mol. The number of nitrogens with one attached hydrogen (secondary N) is 3. The van der Waals surface area contributed by atoms with Gasteiger partial charge >= 0.3 is 4.87 Å². The number of fused-ring (bicyclic) bond motifs is 1. The lowest BCUT2D eigenvalue weighted by molar-refractivity contribution is 0.0946. The Labute approximate surface area is 112 Å². The summed E-state index contributed by atoms with van der Waals surface area (Å²) in [4.78, 5) is 28.5. The van der Waals surface area contributed by atoms with Crippen molar-refractivity contribution in [1.82, 2.24) is 15.3 Å². The molecule has 0 unspecified atom stereocenters. The Balaban J connectivity index is 1.74. The molecule has 2 aromatic heterocycles. The molecule has 96 valence electrons. The zero-order chi connectivity index (χ0) is 13.2. The summed E-state index contributed by atoms with van der Waals surface area (Å²) < 4.78 is 0. The minimum atomic E-state index is -0.191. The molecule has 19 heavy (non-hydrogen) atoms. The summed E-state index contributed by atoms with van der Waals surface area (Å²) in [6.07, 6.45) is 0. The van der Waals surface area contributed by atoms with E-state index in [1.54, 1.807) is 11.4 Å². The second kappa shape index (κ2) is 4.74. The molecule has 3 rings (SSSR count). The highest BCUT2D eigenvalue weighted by Gasteiger charge is 2.09. The standard InChI is InChI=1S/C13H11N3O2S/c17-12(14-6-9-7-19-13(18)15-9)11-5-8-3-1-2-4-10(8)16-11/h1-5,7,16H,6H2,(H,14,17)(H,15,18). The van der Waals surface area contributed by atoms with E-state index in [0.29, 0.717) is 17.9 Å². The minimum Gasteiger partial charge on any atom is -0.351 e. The zero-order valence-electron chi connectivity index (χ0n) is 9.90. The predicted octanol–water partition coefficient (Wildman–Crippen LogP) is 1.85. The number of hydrogen-bond acceptors (Lipinski definition) is 3. The molecule has 1 aromatic carbocycles. The molecular weight excluding hydrogens is 262 g/mol. The molecule has 0 aliphatic carbocycles. The highest BCUT2D eigenvalue weighted by Crippen LogP contribution is 2.14. The van der Waals surface area contributed by atoms with Crippen LogP contribution >= 0.6 is 11.3 Å². The van der Waals surface area contributed by atoms with Gasteiger partial charge in [-0.1, -0.05) is 29.5 Å². The van der Waals surface area contributed by atoms with Gasteiger partial charge in [-0.2, -0.15) is 0 Å². The number of para-hydroxylation sites is 1. The normalized spacial score (nSPS) is 10.7. The SMILES string of the molecule is O=C(NCc1csc(=O)[nH]1)c1cc2ccccc2[nH]1. The Hall–Kier alpha value is -2.34. The highest BCUT2D eigenvalue weighted by molar-refractivity contribution is 7.07. The average Bonchev–Trinajstić information content (AvgIpc) is 3.01. The van der Waals surface area contributed by atoms with Gasteiger partial charge in [-0.25, -0.2) is 0 Å². The molecule has 0 spiro atoms. The summed E-state index contributed by atoms with van der Waals surface area (Å²) in [5.41, 5.74) is 2.15. The van der Waals surface area contributed by atoms with E-state index in [0.717, 1.165) is 22.2 Å². The smallest absolute Gasteiger partial charge is 0.304 e. The molecule has 0 aliphatic heterocycles. The fourth-order valence-corrected chi connectivity index (χ4v) is 2.45. The molecule has 0 atom stereocenters. The van der Waals surface area contributed by atoms with Crippen LogP contribution in [0.4, 0.5) is 0 Å². The summed E-state index contributed by atoms with van der Waals surface area (Å²) in [7, 11) is 0. The second-order valence-electron chi connectivity index (χ2n) is 4.13. The van der Waals surface area contributed by atoms with Crippen molar-refractivity contribution in [3.63, 3.8) is 0 Å². The third-order valence-corrected chi connectivity index (χ3v) is 3.50. The van der Waals surface area contributed by atoms with Crippen molar-refractivity contribution in [2.24, 2.45) is 0 Å². The van der Waals surface area contributed by atoms with E-state index in [1.165, 1.54) is 0 Å². The maximum atomic E-state index is 12.0. The lowest BCUT2D eigenvalue weighted by atomic mass is 10.2. The molecule has 3 N–H and O–H groups in total. The van der Waals surface area contributed by atoms with Crippen LogP contribution in [0, 0.1) is 0 Å². The van der Waals surface area contributed by atoms with Crippen LogP contribution in [0.25, 0.3) is 10.9 Å². The zero-order valence-corrected chi connectivity index (χ0v) is 10.7. The van der Waals surface area contributed by atoms with Crippen LogP contribution in [0.3, 0.4) is 0 Å². The summed E-state index contributed by atoms with van der Waals surface area (Å²) in [5.74, 6) is -0.191. The van der Waals surface area contributed by atoms with Gasteiger partial charge < -0.3 is 15.3 Å². The first-order chi connectivity index (χ1) is 9.22. The van der Waals surface area contributed by atoms with E-state index < -0.39 is 0 Å². The van der Waals surface area contributed by atoms with Crippen LogP contribution in [0.2, 0.25) is 0 Å². The van der Waals surface area contributed by atoms with Crippen LogP contribution in [-0.4, -0.2) is 15.9 Å². The van der Waals surface area contributed by atoms with Crippen molar-refractivity contribution in [3.8, 4) is 0 Å². The van der Waals surface area contributed by atoms with E-state index in [-0.39, 0.29) is 10.8 Å². The van der Waals surface area contributed by atoms with Crippen molar-refractivity contribution < 1.29 is 4.79 Å². The fourth-order valence-electron chi connectivity index (χ4n) is 1.87. The number of rotatable bonds is 3. The Morgan fingerprint density at radius 2 is 2.11 bits per heavy atom.